The summed E-state index contributed by atoms with van der Waals surface area (Å²) in [5.41, 5.74) is -0.512. The summed E-state index contributed by atoms with van der Waals surface area (Å²) in [5, 5.41) is 11.3. The third kappa shape index (κ3) is 6.21. The second kappa shape index (κ2) is 11.6. The Hall–Kier alpha value is -2.16. The summed E-state index contributed by atoms with van der Waals surface area (Å²) in [7, 11) is 0. The first-order valence-electron chi connectivity index (χ1n) is 11.0. The van der Waals surface area contributed by atoms with Crippen LogP contribution >= 0.6 is 22.9 Å². The predicted molar refractivity (Wildman–Crippen MR) is 130 cm³/mol. The van der Waals surface area contributed by atoms with Crippen molar-refractivity contribution in [1.82, 2.24) is 14.8 Å². The number of hydrogen-bond donors (Lipinski definition) is 0. The summed E-state index contributed by atoms with van der Waals surface area (Å²) >= 11 is 7.41. The van der Waals surface area contributed by atoms with Crippen molar-refractivity contribution in [2.45, 2.75) is 32.1 Å². The van der Waals surface area contributed by atoms with E-state index in [1.807, 2.05) is 12.1 Å². The number of hydrogen-bond acceptors (Lipinski definition) is 6. The van der Waals surface area contributed by atoms with Crippen molar-refractivity contribution in [3.63, 3.8) is 0 Å². The Morgan fingerprint density at radius 3 is 2.56 bits per heavy atom. The molecule has 8 heteroatoms. The maximum atomic E-state index is 10.1. The number of nitrogens with zero attached hydrogens (tertiary/aromatic N) is 5. The lowest BCUT2D eigenvalue weighted by Gasteiger charge is -2.36. The van der Waals surface area contributed by atoms with Crippen LogP contribution in [0.25, 0.3) is 4.85 Å². The van der Waals surface area contributed by atoms with Gasteiger partial charge in [-0.15, -0.1) is 0 Å². The molecule has 2 aromatic heterocycles. The normalized spacial score (nSPS) is 16.9. The van der Waals surface area contributed by atoms with Gasteiger partial charge in [0.2, 0.25) is 5.00 Å². The average molecular weight is 472 g/mol. The fourth-order valence-corrected chi connectivity index (χ4v) is 5.42. The molecule has 0 saturated carbocycles. The van der Waals surface area contributed by atoms with E-state index in [4.69, 9.17) is 22.9 Å². The first kappa shape index (κ1) is 24.5. The molecule has 0 bridgehead atoms. The molecule has 32 heavy (non-hydrogen) atoms. The molecule has 1 unspecified atom stereocenters. The highest BCUT2D eigenvalue weighted by Gasteiger charge is 2.37. The van der Waals surface area contributed by atoms with E-state index < -0.39 is 5.41 Å². The minimum Gasteiger partial charge on any atom is -0.491 e. The molecule has 1 aliphatic heterocycles. The van der Waals surface area contributed by atoms with Gasteiger partial charge in [-0.2, -0.15) is 16.6 Å². The van der Waals surface area contributed by atoms with Gasteiger partial charge < -0.3 is 9.64 Å². The topological polar surface area (TPSA) is 56.8 Å². The fourth-order valence-electron chi connectivity index (χ4n) is 4.15. The Morgan fingerprint density at radius 2 is 1.97 bits per heavy atom. The smallest absolute Gasteiger partial charge is 0.241 e. The Labute approximate surface area is 200 Å². The highest BCUT2D eigenvalue weighted by Crippen LogP contribution is 2.42. The van der Waals surface area contributed by atoms with Crippen molar-refractivity contribution in [1.29, 1.82) is 5.26 Å². The molecule has 1 aliphatic rings. The molecule has 1 saturated heterocycles. The first-order valence-corrected chi connectivity index (χ1v) is 12.2. The van der Waals surface area contributed by atoms with Crippen molar-refractivity contribution in [3.8, 4) is 11.8 Å². The van der Waals surface area contributed by atoms with Gasteiger partial charge in [-0.25, -0.2) is 4.85 Å². The second-order valence-corrected chi connectivity index (χ2v) is 9.96. The van der Waals surface area contributed by atoms with E-state index in [2.05, 4.69) is 39.5 Å². The Balaban J connectivity index is 1.42. The monoisotopic (exact) mass is 471 g/mol. The molecule has 3 heterocycles. The number of nitriles is 1. The molecule has 1 fully saturated rings. The predicted octanol–water partition coefficient (Wildman–Crippen LogP) is 5.24. The Morgan fingerprint density at radius 1 is 1.25 bits per heavy atom. The Kier molecular flexibility index (Phi) is 8.90. The number of rotatable bonds is 10. The van der Waals surface area contributed by atoms with Gasteiger partial charge in [-0.1, -0.05) is 31.5 Å². The summed E-state index contributed by atoms with van der Waals surface area (Å²) in [6.07, 6.45) is 5.07. The standard InChI is InChI=1S/C24H30ClN5OS/c1-19(2)24(18-26,22-5-6-23(27-3)32-22)7-4-8-29-9-11-30(12-10-29)13-14-31-21-15-20(25)16-28-17-21/h5-6,15-17,19H,4,7-14H2,1-2H3. The van der Waals surface area contributed by atoms with E-state index in [-0.39, 0.29) is 5.92 Å². The Bertz CT molecular complexity index is 958. The SMILES string of the molecule is [C-]#[N+]c1ccc(C(C#N)(CCCN2CCN(CCOc3cncc(Cl)c3)CC2)C(C)C)s1. The van der Waals surface area contributed by atoms with Crippen molar-refractivity contribution < 1.29 is 4.74 Å². The molecule has 0 aromatic carbocycles. The van der Waals surface area contributed by atoms with Crippen molar-refractivity contribution in [2.75, 3.05) is 45.9 Å². The van der Waals surface area contributed by atoms with Gasteiger partial charge in [0.1, 0.15) is 12.4 Å². The number of piperazine rings is 1. The molecule has 6 nitrogen and oxygen atoms in total. The van der Waals surface area contributed by atoms with E-state index >= 15 is 0 Å². The van der Waals surface area contributed by atoms with E-state index in [0.29, 0.717) is 22.4 Å². The molecule has 0 aliphatic carbocycles. The van der Waals surface area contributed by atoms with Gasteiger partial charge in [-0.05, 0) is 31.4 Å². The molecule has 170 valence electrons. The number of thiophene rings is 1. The van der Waals surface area contributed by atoms with Gasteiger partial charge in [0.05, 0.1) is 29.3 Å². The highest BCUT2D eigenvalue weighted by atomic mass is 35.5. The molecular weight excluding hydrogens is 442 g/mol. The van der Waals surface area contributed by atoms with Crippen LogP contribution in [-0.4, -0.2) is 60.7 Å². The zero-order valence-electron chi connectivity index (χ0n) is 18.8. The minimum atomic E-state index is -0.512. The molecule has 1 atom stereocenters. The van der Waals surface area contributed by atoms with Gasteiger partial charge in [0.15, 0.2) is 0 Å². The van der Waals surface area contributed by atoms with Crippen LogP contribution in [-0.2, 0) is 5.41 Å². The first-order chi connectivity index (χ1) is 15.5. The van der Waals surface area contributed by atoms with Crippen molar-refractivity contribution in [2.24, 2.45) is 5.92 Å². The molecule has 3 rings (SSSR count). The lowest BCUT2D eigenvalue weighted by atomic mass is 9.73. The van der Waals surface area contributed by atoms with Gasteiger partial charge >= 0.3 is 0 Å². The van der Waals surface area contributed by atoms with Crippen molar-refractivity contribution in [3.05, 3.63) is 51.9 Å². The second-order valence-electron chi connectivity index (χ2n) is 8.46. The minimum absolute atomic E-state index is 0.205. The number of pyridine rings is 1. The van der Waals surface area contributed by atoms with Crippen LogP contribution in [0.1, 0.15) is 31.6 Å². The van der Waals surface area contributed by atoms with E-state index in [9.17, 15) is 5.26 Å². The van der Waals surface area contributed by atoms with Gasteiger partial charge in [0.25, 0.3) is 0 Å². The lowest BCUT2D eigenvalue weighted by Crippen LogP contribution is -2.47. The highest BCUT2D eigenvalue weighted by molar-refractivity contribution is 7.16. The largest absolute Gasteiger partial charge is 0.491 e. The molecule has 0 spiro atoms. The number of ether oxygens (including phenoxy) is 1. The van der Waals surface area contributed by atoms with Gasteiger partial charge in [0, 0.05) is 49.9 Å². The average Bonchev–Trinajstić information content (AvgIpc) is 3.27. The maximum absolute atomic E-state index is 10.1. The van der Waals surface area contributed by atoms with Crippen LogP contribution in [0.15, 0.2) is 30.6 Å². The number of halogens is 1. The summed E-state index contributed by atoms with van der Waals surface area (Å²) in [5.74, 6) is 0.910. The zero-order chi connectivity index (χ0) is 23.0. The summed E-state index contributed by atoms with van der Waals surface area (Å²) in [4.78, 5) is 13.5. The van der Waals surface area contributed by atoms with Crippen LogP contribution in [0.3, 0.4) is 0 Å². The third-order valence-electron chi connectivity index (χ3n) is 6.19. The van der Waals surface area contributed by atoms with Crippen molar-refractivity contribution >= 4 is 27.9 Å². The maximum Gasteiger partial charge on any atom is 0.241 e. The number of aromatic nitrogens is 1. The quantitative estimate of drug-likeness (QED) is 0.443. The van der Waals surface area contributed by atoms with Crippen LogP contribution in [0.4, 0.5) is 5.00 Å². The molecule has 0 amide bonds. The fraction of sp³-hybridized carbons (Fsp3) is 0.542. The van der Waals surface area contributed by atoms with Crippen LogP contribution in [0.2, 0.25) is 5.02 Å². The molecule has 2 aromatic rings. The van der Waals surface area contributed by atoms with Gasteiger partial charge in [-0.3, -0.25) is 9.88 Å². The third-order valence-corrected chi connectivity index (χ3v) is 7.56. The van der Waals surface area contributed by atoms with Crippen LogP contribution < -0.4 is 4.74 Å². The van der Waals surface area contributed by atoms with E-state index in [0.717, 1.165) is 57.0 Å². The summed E-state index contributed by atoms with van der Waals surface area (Å²) < 4.78 is 5.76. The van der Waals surface area contributed by atoms with E-state index in [1.165, 1.54) is 11.3 Å². The molecule has 0 N–H and O–H groups in total. The molecular formula is C24H30ClN5OS. The van der Waals surface area contributed by atoms with Crippen LogP contribution in [0.5, 0.6) is 5.75 Å². The summed E-state index contributed by atoms with van der Waals surface area (Å²) in [6, 6.07) is 8.20. The molecule has 0 radical (unpaired) electrons. The van der Waals surface area contributed by atoms with Crippen LogP contribution in [0, 0.1) is 23.8 Å². The van der Waals surface area contributed by atoms with E-state index in [1.54, 1.807) is 18.5 Å². The lowest BCUT2D eigenvalue weighted by molar-refractivity contribution is 0.114. The zero-order valence-corrected chi connectivity index (χ0v) is 20.3. The summed E-state index contributed by atoms with van der Waals surface area (Å²) in [6.45, 7) is 18.0.